The molecule has 0 bridgehead atoms. The van der Waals surface area contributed by atoms with E-state index >= 15 is 0 Å². The minimum Gasteiger partial charge on any atom is -0.494 e. The molecule has 2 heterocycles. The zero-order valence-corrected chi connectivity index (χ0v) is 13.1. The lowest BCUT2D eigenvalue weighted by Crippen LogP contribution is -2.38. The van der Waals surface area contributed by atoms with Crippen LogP contribution in [-0.2, 0) is 10.0 Å². The van der Waals surface area contributed by atoms with Gasteiger partial charge in [-0.15, -0.1) is 0 Å². The Hall–Kier alpha value is -1.11. The van der Waals surface area contributed by atoms with Gasteiger partial charge in [-0.05, 0) is 49.6 Å². The number of ether oxygens (including phenoxy) is 1. The standard InChI is InChI=1S/C15H22N2O3S/c1-2-9-20-13-3-5-14(6-4-13)21(18,19)17-8-7-12-10-16-11-15(12)17/h3-6,12,15-16H,2,7-11H2,1H3/t12-,15+/m0/s1. The largest absolute Gasteiger partial charge is 0.494 e. The molecule has 21 heavy (non-hydrogen) atoms. The number of hydrogen-bond donors (Lipinski definition) is 1. The Morgan fingerprint density at radius 1 is 1.29 bits per heavy atom. The van der Waals surface area contributed by atoms with E-state index < -0.39 is 10.0 Å². The van der Waals surface area contributed by atoms with Gasteiger partial charge in [0.2, 0.25) is 10.0 Å². The second-order valence-corrected chi connectivity index (χ2v) is 7.60. The van der Waals surface area contributed by atoms with Crippen LogP contribution in [0.25, 0.3) is 0 Å². The van der Waals surface area contributed by atoms with Crippen LogP contribution in [0.1, 0.15) is 19.8 Å². The minimum absolute atomic E-state index is 0.117. The number of nitrogens with one attached hydrogen (secondary N) is 1. The van der Waals surface area contributed by atoms with E-state index in [2.05, 4.69) is 5.32 Å². The predicted octanol–water partition coefficient (Wildman–Crippen LogP) is 1.46. The fourth-order valence-corrected chi connectivity index (χ4v) is 4.87. The molecule has 1 N–H and O–H groups in total. The van der Waals surface area contributed by atoms with Crippen LogP contribution < -0.4 is 10.1 Å². The average Bonchev–Trinajstić information content (AvgIpc) is 3.08. The molecule has 5 nitrogen and oxygen atoms in total. The fourth-order valence-electron chi connectivity index (χ4n) is 3.17. The quantitative estimate of drug-likeness (QED) is 0.894. The minimum atomic E-state index is -3.39. The third-order valence-electron chi connectivity index (χ3n) is 4.30. The van der Waals surface area contributed by atoms with Gasteiger partial charge in [0.15, 0.2) is 0 Å². The van der Waals surface area contributed by atoms with Crippen LogP contribution in [0.2, 0.25) is 0 Å². The molecular weight excluding hydrogens is 288 g/mol. The topological polar surface area (TPSA) is 58.6 Å². The van der Waals surface area contributed by atoms with Gasteiger partial charge in [-0.2, -0.15) is 4.31 Å². The van der Waals surface area contributed by atoms with E-state index in [1.165, 1.54) is 0 Å². The number of rotatable bonds is 5. The maximum absolute atomic E-state index is 12.8. The average molecular weight is 310 g/mol. The zero-order chi connectivity index (χ0) is 14.9. The fraction of sp³-hybridized carbons (Fsp3) is 0.600. The maximum Gasteiger partial charge on any atom is 0.243 e. The Kier molecular flexibility index (Phi) is 4.19. The van der Waals surface area contributed by atoms with Gasteiger partial charge in [-0.25, -0.2) is 8.42 Å². The second kappa shape index (κ2) is 5.94. The maximum atomic E-state index is 12.8. The first-order chi connectivity index (χ1) is 10.1. The third kappa shape index (κ3) is 2.80. The van der Waals surface area contributed by atoms with E-state index in [1.54, 1.807) is 28.6 Å². The second-order valence-electron chi connectivity index (χ2n) is 5.71. The highest BCUT2D eigenvalue weighted by Crippen LogP contribution is 2.32. The molecule has 0 amide bonds. The van der Waals surface area contributed by atoms with E-state index in [0.717, 1.165) is 31.7 Å². The van der Waals surface area contributed by atoms with Crippen molar-refractivity contribution in [3.8, 4) is 5.75 Å². The third-order valence-corrected chi connectivity index (χ3v) is 6.24. The summed E-state index contributed by atoms with van der Waals surface area (Å²) in [5.41, 5.74) is 0. The lowest BCUT2D eigenvalue weighted by Gasteiger charge is -2.22. The van der Waals surface area contributed by atoms with Crippen LogP contribution in [0.3, 0.4) is 0 Å². The van der Waals surface area contributed by atoms with Crippen molar-refractivity contribution in [2.45, 2.75) is 30.7 Å². The summed E-state index contributed by atoms with van der Waals surface area (Å²) in [4.78, 5) is 0.360. The molecule has 1 aromatic carbocycles. The zero-order valence-electron chi connectivity index (χ0n) is 12.3. The van der Waals surface area contributed by atoms with Crippen LogP contribution in [0.5, 0.6) is 5.75 Å². The molecule has 2 aliphatic rings. The highest BCUT2D eigenvalue weighted by Gasteiger charge is 2.43. The van der Waals surface area contributed by atoms with Crippen LogP contribution in [0.15, 0.2) is 29.2 Å². The van der Waals surface area contributed by atoms with Crippen LogP contribution >= 0.6 is 0 Å². The smallest absolute Gasteiger partial charge is 0.243 e. The first-order valence-electron chi connectivity index (χ1n) is 7.58. The molecule has 2 aliphatic heterocycles. The summed E-state index contributed by atoms with van der Waals surface area (Å²) in [5.74, 6) is 1.18. The van der Waals surface area contributed by atoms with Crippen molar-refractivity contribution >= 4 is 10.0 Å². The normalized spacial score (nSPS) is 26.0. The molecule has 0 spiro atoms. The van der Waals surface area contributed by atoms with E-state index in [1.807, 2.05) is 6.92 Å². The van der Waals surface area contributed by atoms with Gasteiger partial charge in [-0.1, -0.05) is 6.92 Å². The van der Waals surface area contributed by atoms with E-state index in [0.29, 0.717) is 24.0 Å². The molecule has 3 rings (SSSR count). The molecule has 1 aromatic rings. The molecule has 0 unspecified atom stereocenters. The van der Waals surface area contributed by atoms with Gasteiger partial charge < -0.3 is 10.1 Å². The molecule has 0 saturated carbocycles. The molecule has 2 saturated heterocycles. The molecule has 0 aliphatic carbocycles. The number of hydrogen-bond acceptors (Lipinski definition) is 4. The molecule has 0 radical (unpaired) electrons. The van der Waals surface area contributed by atoms with Gasteiger partial charge in [0.25, 0.3) is 0 Å². The number of benzene rings is 1. The summed E-state index contributed by atoms with van der Waals surface area (Å²) < 4.78 is 32.7. The first kappa shape index (κ1) is 14.8. The van der Waals surface area contributed by atoms with Crippen molar-refractivity contribution in [1.29, 1.82) is 0 Å². The predicted molar refractivity (Wildman–Crippen MR) is 80.9 cm³/mol. The summed E-state index contributed by atoms with van der Waals surface area (Å²) in [6.45, 7) is 5.02. The van der Waals surface area contributed by atoms with Crippen molar-refractivity contribution in [3.63, 3.8) is 0 Å². The molecule has 116 valence electrons. The number of sulfonamides is 1. The van der Waals surface area contributed by atoms with Crippen molar-refractivity contribution in [2.75, 3.05) is 26.2 Å². The van der Waals surface area contributed by atoms with Crippen LogP contribution in [-0.4, -0.2) is 45.0 Å². The van der Waals surface area contributed by atoms with Gasteiger partial charge in [-0.3, -0.25) is 0 Å². The molecule has 2 atom stereocenters. The van der Waals surface area contributed by atoms with Gasteiger partial charge in [0.1, 0.15) is 5.75 Å². The Morgan fingerprint density at radius 3 is 2.76 bits per heavy atom. The van der Waals surface area contributed by atoms with Crippen molar-refractivity contribution in [3.05, 3.63) is 24.3 Å². The van der Waals surface area contributed by atoms with E-state index in [-0.39, 0.29) is 6.04 Å². The lowest BCUT2D eigenvalue weighted by atomic mass is 10.1. The summed E-state index contributed by atoms with van der Waals surface area (Å²) >= 11 is 0. The van der Waals surface area contributed by atoms with Gasteiger partial charge >= 0.3 is 0 Å². The molecule has 6 heteroatoms. The molecular formula is C15H22N2O3S. The van der Waals surface area contributed by atoms with Crippen molar-refractivity contribution < 1.29 is 13.2 Å². The summed E-state index contributed by atoms with van der Waals surface area (Å²) in [6, 6.07) is 6.89. The Morgan fingerprint density at radius 2 is 2.05 bits per heavy atom. The van der Waals surface area contributed by atoms with Crippen LogP contribution in [0, 0.1) is 5.92 Å². The van der Waals surface area contributed by atoms with Gasteiger partial charge in [0, 0.05) is 19.1 Å². The van der Waals surface area contributed by atoms with E-state index in [4.69, 9.17) is 4.74 Å². The SMILES string of the molecule is CCCOc1ccc(S(=O)(=O)N2CC[C@H]3CNC[C@H]32)cc1. The summed E-state index contributed by atoms with van der Waals surface area (Å²) in [7, 11) is -3.39. The van der Waals surface area contributed by atoms with Crippen molar-refractivity contribution in [2.24, 2.45) is 5.92 Å². The van der Waals surface area contributed by atoms with Crippen molar-refractivity contribution in [1.82, 2.24) is 9.62 Å². The number of nitrogens with zero attached hydrogens (tertiary/aromatic N) is 1. The highest BCUT2D eigenvalue weighted by atomic mass is 32.2. The Balaban J connectivity index is 1.78. The number of fused-ring (bicyclic) bond motifs is 1. The monoisotopic (exact) mass is 310 g/mol. The molecule has 0 aromatic heterocycles. The lowest BCUT2D eigenvalue weighted by molar-refractivity contribution is 0.317. The van der Waals surface area contributed by atoms with Crippen LogP contribution in [0.4, 0.5) is 0 Å². The van der Waals surface area contributed by atoms with E-state index in [9.17, 15) is 8.42 Å². The first-order valence-corrected chi connectivity index (χ1v) is 9.02. The van der Waals surface area contributed by atoms with Gasteiger partial charge in [0.05, 0.1) is 11.5 Å². The Labute approximate surface area is 126 Å². The highest BCUT2D eigenvalue weighted by molar-refractivity contribution is 7.89. The molecule has 2 fully saturated rings. The summed E-state index contributed by atoms with van der Waals surface area (Å²) in [6.07, 6.45) is 1.89. The summed E-state index contributed by atoms with van der Waals surface area (Å²) in [5, 5.41) is 3.28. The Bertz CT molecular complexity index is 585.